The van der Waals surface area contributed by atoms with Crippen molar-refractivity contribution >= 4 is 29.1 Å². The van der Waals surface area contributed by atoms with E-state index in [1.807, 2.05) is 26.2 Å². The van der Waals surface area contributed by atoms with Gasteiger partial charge in [-0.15, -0.1) is 0 Å². The molecule has 1 aliphatic rings. The summed E-state index contributed by atoms with van der Waals surface area (Å²) in [5.41, 5.74) is 2.45. The van der Waals surface area contributed by atoms with Gasteiger partial charge in [0, 0.05) is 24.8 Å². The van der Waals surface area contributed by atoms with E-state index in [4.69, 9.17) is 0 Å². The summed E-state index contributed by atoms with van der Waals surface area (Å²) in [6.45, 7) is 3.46. The molecule has 7 heteroatoms. The second-order valence-electron chi connectivity index (χ2n) is 6.28. The molecule has 2 rings (SSSR count). The van der Waals surface area contributed by atoms with E-state index >= 15 is 0 Å². The smallest absolute Gasteiger partial charge is 0.313 e. The molecular formula is C17H25N4O3+. The van der Waals surface area contributed by atoms with Crippen LogP contribution in [0.2, 0.25) is 0 Å². The third-order valence-electron chi connectivity index (χ3n) is 3.95. The van der Waals surface area contributed by atoms with Crippen molar-refractivity contribution in [1.29, 1.82) is 0 Å². The largest absolute Gasteiger partial charge is 0.342 e. The maximum absolute atomic E-state index is 11.9. The fourth-order valence-electron chi connectivity index (χ4n) is 2.70. The number of carbonyl (C=O) groups excluding carboxylic acids is 3. The highest BCUT2D eigenvalue weighted by Gasteiger charge is 2.21. The maximum Gasteiger partial charge on any atom is 0.313 e. The lowest BCUT2D eigenvalue weighted by molar-refractivity contribution is -0.856. The van der Waals surface area contributed by atoms with Gasteiger partial charge in [-0.3, -0.25) is 14.4 Å². The number of fused-ring (bicyclic) bond motifs is 1. The third kappa shape index (κ3) is 4.55. The SMILES string of the molecule is CC(=O)N1CCCc2cc(NC(=O)C(=O)NCC[NH+](C)C)ccc21. The molecule has 1 aromatic carbocycles. The van der Waals surface area contributed by atoms with Gasteiger partial charge in [-0.25, -0.2) is 0 Å². The van der Waals surface area contributed by atoms with Crippen molar-refractivity contribution < 1.29 is 19.3 Å². The number of quaternary nitrogens is 1. The molecule has 7 nitrogen and oxygen atoms in total. The second kappa shape index (κ2) is 7.92. The first-order chi connectivity index (χ1) is 11.4. The molecule has 0 fully saturated rings. The predicted octanol–water partition coefficient (Wildman–Crippen LogP) is -0.815. The van der Waals surface area contributed by atoms with E-state index in [9.17, 15) is 14.4 Å². The fourth-order valence-corrected chi connectivity index (χ4v) is 2.70. The minimum atomic E-state index is -0.678. The summed E-state index contributed by atoms with van der Waals surface area (Å²) in [5, 5.41) is 5.21. The van der Waals surface area contributed by atoms with Gasteiger partial charge in [0.2, 0.25) is 5.91 Å². The number of benzene rings is 1. The Morgan fingerprint density at radius 2 is 1.96 bits per heavy atom. The molecule has 1 heterocycles. The first-order valence-corrected chi connectivity index (χ1v) is 8.17. The molecule has 0 aliphatic carbocycles. The Bertz CT molecular complexity index is 643. The zero-order valence-corrected chi connectivity index (χ0v) is 14.4. The Morgan fingerprint density at radius 3 is 2.62 bits per heavy atom. The number of hydrogen-bond donors (Lipinski definition) is 3. The molecule has 0 saturated heterocycles. The highest BCUT2D eigenvalue weighted by Crippen LogP contribution is 2.29. The zero-order valence-electron chi connectivity index (χ0n) is 14.4. The molecule has 0 radical (unpaired) electrons. The van der Waals surface area contributed by atoms with Crippen molar-refractivity contribution in [3.05, 3.63) is 23.8 Å². The number of amides is 3. The van der Waals surface area contributed by atoms with Gasteiger partial charge >= 0.3 is 11.8 Å². The van der Waals surface area contributed by atoms with E-state index < -0.39 is 11.8 Å². The predicted molar refractivity (Wildman–Crippen MR) is 92.1 cm³/mol. The first-order valence-electron chi connectivity index (χ1n) is 8.17. The standard InChI is InChI=1S/C17H24N4O3/c1-12(22)21-9-4-5-13-11-14(6-7-15(13)21)19-17(24)16(23)18-8-10-20(2)3/h6-7,11H,4-5,8-10H2,1-3H3,(H,18,23)(H,19,24)/p+1. The molecule has 130 valence electrons. The number of aryl methyl sites for hydroxylation is 1. The van der Waals surface area contributed by atoms with Crippen molar-refractivity contribution in [3.8, 4) is 0 Å². The molecular weight excluding hydrogens is 308 g/mol. The van der Waals surface area contributed by atoms with Crippen LogP contribution in [0, 0.1) is 0 Å². The van der Waals surface area contributed by atoms with Gasteiger partial charge in [0.05, 0.1) is 27.2 Å². The highest BCUT2D eigenvalue weighted by atomic mass is 16.2. The Morgan fingerprint density at radius 1 is 1.21 bits per heavy atom. The summed E-state index contributed by atoms with van der Waals surface area (Å²) < 4.78 is 0. The van der Waals surface area contributed by atoms with E-state index in [0.29, 0.717) is 18.8 Å². The average molecular weight is 333 g/mol. The minimum Gasteiger partial charge on any atom is -0.342 e. The summed E-state index contributed by atoms with van der Waals surface area (Å²) >= 11 is 0. The number of anilines is 2. The summed E-state index contributed by atoms with van der Waals surface area (Å²) in [5.74, 6) is -1.31. The normalized spacial score (nSPS) is 13.4. The van der Waals surface area contributed by atoms with Crippen LogP contribution in [-0.2, 0) is 20.8 Å². The number of nitrogens with one attached hydrogen (secondary N) is 3. The van der Waals surface area contributed by atoms with Gasteiger partial charge in [-0.1, -0.05) is 0 Å². The topological polar surface area (TPSA) is 83.0 Å². The van der Waals surface area contributed by atoms with Gasteiger partial charge < -0.3 is 20.4 Å². The molecule has 0 unspecified atom stereocenters. The Kier molecular flexibility index (Phi) is 5.92. The molecule has 24 heavy (non-hydrogen) atoms. The minimum absolute atomic E-state index is 0.00938. The molecule has 0 spiro atoms. The summed E-state index contributed by atoms with van der Waals surface area (Å²) in [6.07, 6.45) is 1.73. The number of carbonyl (C=O) groups is 3. The third-order valence-corrected chi connectivity index (χ3v) is 3.95. The summed E-state index contributed by atoms with van der Waals surface area (Å²) in [4.78, 5) is 38.3. The molecule has 1 aromatic rings. The molecule has 0 bridgehead atoms. The highest BCUT2D eigenvalue weighted by molar-refractivity contribution is 6.39. The molecule has 0 saturated carbocycles. The van der Waals surface area contributed by atoms with Crippen molar-refractivity contribution in [2.75, 3.05) is 43.9 Å². The van der Waals surface area contributed by atoms with Crippen LogP contribution < -0.4 is 20.4 Å². The molecule has 0 atom stereocenters. The van der Waals surface area contributed by atoms with Crippen LogP contribution in [0.15, 0.2) is 18.2 Å². The van der Waals surface area contributed by atoms with Crippen LogP contribution in [0.5, 0.6) is 0 Å². The van der Waals surface area contributed by atoms with E-state index in [1.165, 1.54) is 4.90 Å². The van der Waals surface area contributed by atoms with Crippen LogP contribution in [0.4, 0.5) is 11.4 Å². The van der Waals surface area contributed by atoms with Gasteiger partial charge in [0.1, 0.15) is 0 Å². The monoisotopic (exact) mass is 333 g/mol. The quantitative estimate of drug-likeness (QED) is 0.630. The van der Waals surface area contributed by atoms with Crippen molar-refractivity contribution in [2.45, 2.75) is 19.8 Å². The van der Waals surface area contributed by atoms with Crippen LogP contribution in [0.1, 0.15) is 18.9 Å². The molecule has 3 amide bonds. The Hall–Kier alpha value is -2.41. The van der Waals surface area contributed by atoms with Crippen LogP contribution in [0.25, 0.3) is 0 Å². The lowest BCUT2D eigenvalue weighted by atomic mass is 10.0. The second-order valence-corrected chi connectivity index (χ2v) is 6.28. The molecule has 0 aromatic heterocycles. The lowest BCUT2D eigenvalue weighted by Crippen LogP contribution is -3.06. The first kappa shape index (κ1) is 17.9. The molecule has 1 aliphatic heterocycles. The van der Waals surface area contributed by atoms with Crippen molar-refractivity contribution in [1.82, 2.24) is 5.32 Å². The summed E-state index contributed by atoms with van der Waals surface area (Å²) in [7, 11) is 3.95. The summed E-state index contributed by atoms with van der Waals surface area (Å²) in [6, 6.07) is 5.37. The Labute approximate surface area is 142 Å². The van der Waals surface area contributed by atoms with Crippen molar-refractivity contribution in [3.63, 3.8) is 0 Å². The number of hydrogen-bond acceptors (Lipinski definition) is 3. The van der Waals surface area contributed by atoms with Crippen LogP contribution in [-0.4, -0.2) is 51.5 Å². The van der Waals surface area contributed by atoms with E-state index in [2.05, 4.69) is 10.6 Å². The van der Waals surface area contributed by atoms with Crippen LogP contribution >= 0.6 is 0 Å². The van der Waals surface area contributed by atoms with Gasteiger partial charge in [-0.05, 0) is 36.6 Å². The maximum atomic E-state index is 11.9. The van der Waals surface area contributed by atoms with Crippen LogP contribution in [0.3, 0.4) is 0 Å². The van der Waals surface area contributed by atoms with E-state index in [-0.39, 0.29) is 5.91 Å². The number of nitrogens with zero attached hydrogens (tertiary/aromatic N) is 1. The van der Waals surface area contributed by atoms with Crippen molar-refractivity contribution in [2.24, 2.45) is 0 Å². The van der Waals surface area contributed by atoms with Gasteiger partial charge in [0.15, 0.2) is 0 Å². The lowest BCUT2D eigenvalue weighted by Gasteiger charge is -2.28. The van der Waals surface area contributed by atoms with Gasteiger partial charge in [0.25, 0.3) is 0 Å². The number of rotatable bonds is 4. The zero-order chi connectivity index (χ0) is 17.7. The molecule has 3 N–H and O–H groups in total. The fraction of sp³-hybridized carbons (Fsp3) is 0.471. The average Bonchev–Trinajstić information content (AvgIpc) is 2.53. The number of likely N-dealkylation sites (N-methyl/N-ethyl adjacent to an activating group) is 1. The Balaban J connectivity index is 1.99. The van der Waals surface area contributed by atoms with E-state index in [0.717, 1.165) is 30.6 Å². The van der Waals surface area contributed by atoms with Gasteiger partial charge in [-0.2, -0.15) is 0 Å². The van der Waals surface area contributed by atoms with E-state index in [1.54, 1.807) is 17.9 Å².